The molecule has 184 valence electrons. The summed E-state index contributed by atoms with van der Waals surface area (Å²) in [5.41, 5.74) is 3.20. The molecule has 0 aliphatic carbocycles. The fourth-order valence-corrected chi connectivity index (χ4v) is 4.55. The molecule has 0 unspecified atom stereocenters. The highest BCUT2D eigenvalue weighted by molar-refractivity contribution is 8.18. The van der Waals surface area contributed by atoms with Crippen molar-refractivity contribution in [2.75, 3.05) is 7.11 Å². The summed E-state index contributed by atoms with van der Waals surface area (Å²) in [7, 11) is 1.48. The lowest BCUT2D eigenvalue weighted by Gasteiger charge is -2.13. The average molecular weight is 524 g/mol. The van der Waals surface area contributed by atoms with E-state index in [1.807, 2.05) is 24.3 Å². The number of thioether (sulfide) groups is 1. The first-order chi connectivity index (χ1) is 17.4. The van der Waals surface area contributed by atoms with Crippen LogP contribution in [-0.4, -0.2) is 23.1 Å². The maximum atomic E-state index is 12.5. The summed E-state index contributed by atoms with van der Waals surface area (Å²) < 4.78 is 11.3. The molecule has 0 spiro atoms. The van der Waals surface area contributed by atoms with Crippen LogP contribution in [0.4, 0.5) is 11.4 Å². The number of rotatable bonds is 8. The number of aliphatic imine (C=N–C) groups is 1. The standard InChI is InChI=1S/C26H22ClN3O5S/c1-3-16-7-9-19(10-8-16)28-26-29-25(31)23(36-26)14-18-12-21(27)24(22(13-18)34-2)35-15-17-5-4-6-20(11-17)30(32)33/h4-14H,3,15H2,1-2H3,(H,28,29,31). The Bertz CT molecular complexity index is 1370. The normalized spacial score (nSPS) is 15.2. The molecule has 10 heteroatoms. The fraction of sp³-hybridized carbons (Fsp3) is 0.154. The Hall–Kier alpha value is -3.82. The van der Waals surface area contributed by atoms with Crippen LogP contribution in [0.25, 0.3) is 6.08 Å². The number of nitro groups is 1. The number of nitrogens with one attached hydrogen (secondary N) is 1. The van der Waals surface area contributed by atoms with Gasteiger partial charge in [0.05, 0.1) is 27.6 Å². The van der Waals surface area contributed by atoms with Gasteiger partial charge in [-0.05, 0) is 65.2 Å². The minimum atomic E-state index is -0.464. The monoisotopic (exact) mass is 523 g/mol. The third-order valence-electron chi connectivity index (χ3n) is 5.28. The van der Waals surface area contributed by atoms with Gasteiger partial charge in [0.2, 0.25) is 0 Å². The van der Waals surface area contributed by atoms with Gasteiger partial charge >= 0.3 is 0 Å². The Kier molecular flexibility index (Phi) is 7.92. The first-order valence-electron chi connectivity index (χ1n) is 11.0. The topological polar surface area (TPSA) is 103 Å². The van der Waals surface area contributed by atoms with Crippen molar-refractivity contribution in [2.24, 2.45) is 4.99 Å². The van der Waals surface area contributed by atoms with Crippen molar-refractivity contribution in [3.05, 3.63) is 97.4 Å². The first-order valence-corrected chi connectivity index (χ1v) is 12.2. The zero-order valence-electron chi connectivity index (χ0n) is 19.5. The maximum absolute atomic E-state index is 12.5. The Labute approximate surface area is 217 Å². The van der Waals surface area contributed by atoms with Gasteiger partial charge in [0.15, 0.2) is 16.7 Å². The molecule has 3 aromatic carbocycles. The minimum absolute atomic E-state index is 0.0237. The molecule has 8 nitrogen and oxygen atoms in total. The maximum Gasteiger partial charge on any atom is 0.269 e. The van der Waals surface area contributed by atoms with Crippen LogP contribution in [-0.2, 0) is 17.8 Å². The number of non-ortho nitro benzene ring substituents is 1. The molecule has 0 atom stereocenters. The van der Waals surface area contributed by atoms with Crippen LogP contribution < -0.4 is 14.8 Å². The summed E-state index contributed by atoms with van der Waals surface area (Å²) in [6, 6.07) is 17.4. The number of benzene rings is 3. The number of nitrogens with zero attached hydrogens (tertiary/aromatic N) is 2. The van der Waals surface area contributed by atoms with Crippen LogP contribution in [0.5, 0.6) is 11.5 Å². The second kappa shape index (κ2) is 11.3. The van der Waals surface area contributed by atoms with Crippen molar-refractivity contribution in [3.8, 4) is 11.5 Å². The van der Waals surface area contributed by atoms with Crippen molar-refractivity contribution in [2.45, 2.75) is 20.0 Å². The number of ether oxygens (including phenoxy) is 2. The summed E-state index contributed by atoms with van der Waals surface area (Å²) in [5.74, 6) is 0.409. The fourth-order valence-electron chi connectivity index (χ4n) is 3.43. The summed E-state index contributed by atoms with van der Waals surface area (Å²) in [4.78, 5) is 28.0. The SMILES string of the molecule is CCc1ccc(N=C2NC(=O)C(=Cc3cc(Cl)c(OCc4cccc([N+](=O)[O-])c4)c(OC)c3)S2)cc1. The summed E-state index contributed by atoms with van der Waals surface area (Å²) >= 11 is 7.70. The highest BCUT2D eigenvalue weighted by atomic mass is 35.5. The van der Waals surface area contributed by atoms with Gasteiger partial charge in [-0.1, -0.05) is 42.8 Å². The van der Waals surface area contributed by atoms with Crippen molar-refractivity contribution < 1.29 is 19.2 Å². The second-order valence-electron chi connectivity index (χ2n) is 7.75. The van der Waals surface area contributed by atoms with E-state index in [1.54, 1.807) is 30.3 Å². The molecule has 1 N–H and O–H groups in total. The number of carbonyl (C=O) groups excluding carboxylic acids is 1. The molecule has 0 saturated carbocycles. The number of halogens is 1. The van der Waals surface area contributed by atoms with E-state index < -0.39 is 4.92 Å². The van der Waals surface area contributed by atoms with Crippen LogP contribution in [0.15, 0.2) is 70.6 Å². The number of nitro benzene ring substituents is 1. The van der Waals surface area contributed by atoms with E-state index in [0.717, 1.165) is 12.1 Å². The number of hydrogen-bond donors (Lipinski definition) is 1. The zero-order chi connectivity index (χ0) is 25.7. The lowest BCUT2D eigenvalue weighted by Crippen LogP contribution is -2.19. The highest BCUT2D eigenvalue weighted by Crippen LogP contribution is 2.38. The summed E-state index contributed by atoms with van der Waals surface area (Å²) in [6.45, 7) is 2.15. The lowest BCUT2D eigenvalue weighted by atomic mass is 10.1. The molecule has 0 aromatic heterocycles. The third-order valence-corrected chi connectivity index (χ3v) is 6.47. The lowest BCUT2D eigenvalue weighted by molar-refractivity contribution is -0.384. The Morgan fingerprint density at radius 1 is 1.14 bits per heavy atom. The largest absolute Gasteiger partial charge is 0.493 e. The number of hydrogen-bond acceptors (Lipinski definition) is 7. The van der Waals surface area contributed by atoms with Crippen molar-refractivity contribution in [1.29, 1.82) is 0 Å². The molecule has 0 bridgehead atoms. The molecule has 1 heterocycles. The molecule has 1 amide bonds. The number of aryl methyl sites for hydroxylation is 1. The Balaban J connectivity index is 1.51. The highest BCUT2D eigenvalue weighted by Gasteiger charge is 2.24. The van der Waals surface area contributed by atoms with Gasteiger partial charge in [-0.3, -0.25) is 14.9 Å². The number of amidine groups is 1. The number of amides is 1. The predicted octanol–water partition coefficient (Wildman–Crippen LogP) is 6.29. The molecular weight excluding hydrogens is 502 g/mol. The van der Waals surface area contributed by atoms with E-state index in [9.17, 15) is 14.9 Å². The van der Waals surface area contributed by atoms with Crippen LogP contribution in [0.2, 0.25) is 5.02 Å². The van der Waals surface area contributed by atoms with Gasteiger partial charge in [0.1, 0.15) is 6.61 Å². The molecule has 1 fully saturated rings. The second-order valence-corrected chi connectivity index (χ2v) is 9.19. The van der Waals surface area contributed by atoms with Crippen molar-refractivity contribution >= 4 is 51.9 Å². The molecule has 36 heavy (non-hydrogen) atoms. The van der Waals surface area contributed by atoms with Crippen LogP contribution in [0.1, 0.15) is 23.6 Å². The van der Waals surface area contributed by atoms with E-state index in [2.05, 4.69) is 17.2 Å². The Morgan fingerprint density at radius 3 is 2.61 bits per heavy atom. The average Bonchev–Trinajstić information content (AvgIpc) is 3.21. The number of carbonyl (C=O) groups is 1. The van der Waals surface area contributed by atoms with Crippen LogP contribution in [0, 0.1) is 10.1 Å². The molecule has 3 aromatic rings. The van der Waals surface area contributed by atoms with Gasteiger partial charge in [-0.25, -0.2) is 4.99 Å². The third kappa shape index (κ3) is 6.05. The van der Waals surface area contributed by atoms with Gasteiger partial charge in [0, 0.05) is 12.1 Å². The van der Waals surface area contributed by atoms with Crippen molar-refractivity contribution in [1.82, 2.24) is 5.32 Å². The Morgan fingerprint density at radius 2 is 1.92 bits per heavy atom. The summed E-state index contributed by atoms with van der Waals surface area (Å²) in [6.07, 6.45) is 2.64. The van der Waals surface area contributed by atoms with Crippen LogP contribution in [0.3, 0.4) is 0 Å². The minimum Gasteiger partial charge on any atom is -0.493 e. The summed E-state index contributed by atoms with van der Waals surface area (Å²) in [5, 5.41) is 14.5. The molecule has 1 aliphatic heterocycles. The van der Waals surface area contributed by atoms with Crippen molar-refractivity contribution in [3.63, 3.8) is 0 Å². The van der Waals surface area contributed by atoms with E-state index in [1.165, 1.54) is 36.6 Å². The molecule has 4 rings (SSSR count). The van der Waals surface area contributed by atoms with E-state index in [-0.39, 0.29) is 23.2 Å². The molecule has 1 saturated heterocycles. The molecular formula is C26H22ClN3O5S. The molecule has 0 radical (unpaired) electrons. The molecule has 1 aliphatic rings. The van der Waals surface area contributed by atoms with E-state index in [0.29, 0.717) is 32.7 Å². The van der Waals surface area contributed by atoms with Gasteiger partial charge in [-0.2, -0.15) is 0 Å². The zero-order valence-corrected chi connectivity index (χ0v) is 21.1. The quantitative estimate of drug-likeness (QED) is 0.211. The van der Waals surface area contributed by atoms with Gasteiger partial charge in [-0.15, -0.1) is 0 Å². The van der Waals surface area contributed by atoms with Crippen LogP contribution >= 0.6 is 23.4 Å². The van der Waals surface area contributed by atoms with E-state index >= 15 is 0 Å². The number of methoxy groups -OCH3 is 1. The van der Waals surface area contributed by atoms with E-state index in [4.69, 9.17) is 21.1 Å². The van der Waals surface area contributed by atoms with Gasteiger partial charge < -0.3 is 14.8 Å². The van der Waals surface area contributed by atoms with Gasteiger partial charge in [0.25, 0.3) is 11.6 Å². The smallest absolute Gasteiger partial charge is 0.269 e. The predicted molar refractivity (Wildman–Crippen MR) is 142 cm³/mol. The first kappa shape index (κ1) is 25.3.